The Labute approximate surface area is 113 Å². The molecule has 19 heavy (non-hydrogen) atoms. The van der Waals surface area contributed by atoms with E-state index in [0.29, 0.717) is 11.5 Å². The number of para-hydroxylation sites is 1. The smallest absolute Gasteiger partial charge is 0.132 e. The van der Waals surface area contributed by atoms with E-state index < -0.39 is 0 Å². The minimum absolute atomic E-state index is 0.0395. The average molecular weight is 258 g/mol. The van der Waals surface area contributed by atoms with Gasteiger partial charge in [0.15, 0.2) is 0 Å². The molecule has 1 aromatic heterocycles. The summed E-state index contributed by atoms with van der Waals surface area (Å²) in [5.41, 5.74) is 0.766. The number of aliphatic hydroxyl groups is 1. The van der Waals surface area contributed by atoms with E-state index >= 15 is 0 Å². The number of nitrogens with one attached hydrogen (secondary N) is 1. The Morgan fingerprint density at radius 2 is 2.11 bits per heavy atom. The third-order valence-electron chi connectivity index (χ3n) is 2.66. The van der Waals surface area contributed by atoms with Crippen molar-refractivity contribution in [2.24, 2.45) is 0 Å². The molecule has 4 nitrogen and oxygen atoms in total. The van der Waals surface area contributed by atoms with Gasteiger partial charge >= 0.3 is 0 Å². The number of pyridine rings is 1. The van der Waals surface area contributed by atoms with Crippen molar-refractivity contribution in [2.45, 2.75) is 20.0 Å². The zero-order valence-electron chi connectivity index (χ0n) is 11.0. The predicted octanol–water partition coefficient (Wildman–Crippen LogP) is 3.19. The summed E-state index contributed by atoms with van der Waals surface area (Å²) in [6, 6.07) is 11.1. The van der Waals surface area contributed by atoms with Gasteiger partial charge in [-0.05, 0) is 18.6 Å². The maximum absolute atomic E-state index is 9.26. The van der Waals surface area contributed by atoms with Crippen molar-refractivity contribution in [1.82, 2.24) is 4.98 Å². The van der Waals surface area contributed by atoms with Gasteiger partial charge in [0.1, 0.15) is 17.3 Å². The van der Waals surface area contributed by atoms with Gasteiger partial charge in [-0.1, -0.05) is 25.1 Å². The lowest BCUT2D eigenvalue weighted by molar-refractivity contribution is 0.276. The quantitative estimate of drug-likeness (QED) is 0.835. The highest BCUT2D eigenvalue weighted by Gasteiger charge is 2.04. The van der Waals surface area contributed by atoms with Crippen LogP contribution in [0.2, 0.25) is 0 Å². The molecule has 2 rings (SSSR count). The monoisotopic (exact) mass is 258 g/mol. The maximum Gasteiger partial charge on any atom is 0.132 e. The van der Waals surface area contributed by atoms with Gasteiger partial charge in [0.05, 0.1) is 6.61 Å². The number of rotatable bonds is 6. The van der Waals surface area contributed by atoms with Crippen molar-refractivity contribution < 1.29 is 9.84 Å². The van der Waals surface area contributed by atoms with E-state index in [4.69, 9.17) is 4.74 Å². The molecule has 2 N–H and O–H groups in total. The van der Waals surface area contributed by atoms with E-state index in [1.54, 1.807) is 12.3 Å². The summed E-state index contributed by atoms with van der Waals surface area (Å²) in [7, 11) is 0. The van der Waals surface area contributed by atoms with Crippen LogP contribution in [-0.4, -0.2) is 16.6 Å². The summed E-state index contributed by atoms with van der Waals surface area (Å²) in [5.74, 6) is 2.16. The highest BCUT2D eigenvalue weighted by atomic mass is 16.5. The lowest BCUT2D eigenvalue weighted by Crippen LogP contribution is -2.01. The minimum Gasteiger partial charge on any atom is -0.457 e. The van der Waals surface area contributed by atoms with Crippen LogP contribution in [-0.2, 0) is 6.61 Å². The van der Waals surface area contributed by atoms with Crippen LogP contribution in [0.5, 0.6) is 11.5 Å². The molecule has 0 bridgehead atoms. The van der Waals surface area contributed by atoms with Crippen molar-refractivity contribution in [1.29, 1.82) is 0 Å². The molecule has 4 heteroatoms. The van der Waals surface area contributed by atoms with Crippen molar-refractivity contribution in [2.75, 3.05) is 11.9 Å². The van der Waals surface area contributed by atoms with Crippen LogP contribution in [0.25, 0.3) is 0 Å². The fraction of sp³-hybridized carbons (Fsp3) is 0.267. The third-order valence-corrected chi connectivity index (χ3v) is 2.66. The molecule has 1 aromatic carbocycles. The highest BCUT2D eigenvalue weighted by molar-refractivity contribution is 5.43. The molecule has 0 atom stereocenters. The first-order valence-corrected chi connectivity index (χ1v) is 6.40. The molecule has 0 saturated heterocycles. The lowest BCUT2D eigenvalue weighted by Gasteiger charge is -2.10. The van der Waals surface area contributed by atoms with E-state index in [9.17, 15) is 5.11 Å². The summed E-state index contributed by atoms with van der Waals surface area (Å²) in [6.07, 6.45) is 2.75. The van der Waals surface area contributed by atoms with Gasteiger partial charge in [0.2, 0.25) is 0 Å². The van der Waals surface area contributed by atoms with Crippen LogP contribution in [0.15, 0.2) is 42.6 Å². The molecule has 0 fully saturated rings. The number of anilines is 1. The molecule has 0 aliphatic heterocycles. The number of ether oxygens (including phenoxy) is 1. The number of benzene rings is 1. The summed E-state index contributed by atoms with van der Waals surface area (Å²) in [6.45, 7) is 2.94. The minimum atomic E-state index is -0.0395. The summed E-state index contributed by atoms with van der Waals surface area (Å²) in [5, 5.41) is 12.5. The van der Waals surface area contributed by atoms with Crippen molar-refractivity contribution in [3.8, 4) is 11.5 Å². The SMILES string of the molecule is CCCNc1cc(Oc2ccccc2CO)ccn1. The molecule has 1 heterocycles. The molecule has 0 spiro atoms. The molecule has 2 aromatic rings. The molecule has 0 radical (unpaired) electrons. The first-order valence-electron chi connectivity index (χ1n) is 6.40. The van der Waals surface area contributed by atoms with Crippen molar-refractivity contribution >= 4 is 5.82 Å². The fourth-order valence-electron chi connectivity index (χ4n) is 1.69. The van der Waals surface area contributed by atoms with E-state index in [-0.39, 0.29) is 6.61 Å². The summed E-state index contributed by atoms with van der Waals surface area (Å²) in [4.78, 5) is 4.22. The summed E-state index contributed by atoms with van der Waals surface area (Å²) < 4.78 is 5.78. The Hall–Kier alpha value is -2.07. The molecular weight excluding hydrogens is 240 g/mol. The van der Waals surface area contributed by atoms with Crippen LogP contribution in [0.3, 0.4) is 0 Å². The molecule has 0 aliphatic carbocycles. The number of hydrogen-bond donors (Lipinski definition) is 2. The standard InChI is InChI=1S/C15H18N2O2/c1-2-8-16-15-10-13(7-9-17-15)19-14-6-4-3-5-12(14)11-18/h3-7,9-10,18H,2,8,11H2,1H3,(H,16,17). The molecule has 0 unspecified atom stereocenters. The normalized spacial score (nSPS) is 10.2. The van der Waals surface area contributed by atoms with E-state index in [0.717, 1.165) is 24.3 Å². The Morgan fingerprint density at radius 3 is 2.89 bits per heavy atom. The van der Waals surface area contributed by atoms with Crippen LogP contribution < -0.4 is 10.1 Å². The molecule has 0 aliphatic rings. The molecule has 0 amide bonds. The van der Waals surface area contributed by atoms with Gasteiger partial charge in [-0.2, -0.15) is 0 Å². The molecule has 100 valence electrons. The second kappa shape index (κ2) is 6.75. The van der Waals surface area contributed by atoms with Crippen LogP contribution >= 0.6 is 0 Å². The highest BCUT2D eigenvalue weighted by Crippen LogP contribution is 2.26. The topological polar surface area (TPSA) is 54.4 Å². The second-order valence-corrected chi connectivity index (χ2v) is 4.17. The van der Waals surface area contributed by atoms with Gasteiger partial charge in [-0.15, -0.1) is 0 Å². The Morgan fingerprint density at radius 1 is 1.26 bits per heavy atom. The third kappa shape index (κ3) is 3.69. The summed E-state index contributed by atoms with van der Waals surface area (Å²) >= 11 is 0. The number of aromatic nitrogens is 1. The van der Waals surface area contributed by atoms with Gasteiger partial charge < -0.3 is 15.2 Å². The first-order chi connectivity index (χ1) is 9.33. The number of hydrogen-bond acceptors (Lipinski definition) is 4. The van der Waals surface area contributed by atoms with Gasteiger partial charge in [0, 0.05) is 24.4 Å². The maximum atomic E-state index is 9.26. The van der Waals surface area contributed by atoms with Gasteiger partial charge in [-0.25, -0.2) is 4.98 Å². The first kappa shape index (κ1) is 13.4. The van der Waals surface area contributed by atoms with E-state index in [2.05, 4.69) is 17.2 Å². The number of aliphatic hydroxyl groups excluding tert-OH is 1. The van der Waals surface area contributed by atoms with Crippen molar-refractivity contribution in [3.63, 3.8) is 0 Å². The zero-order chi connectivity index (χ0) is 13.5. The number of nitrogens with zero attached hydrogens (tertiary/aromatic N) is 1. The Balaban J connectivity index is 2.14. The lowest BCUT2D eigenvalue weighted by atomic mass is 10.2. The van der Waals surface area contributed by atoms with Gasteiger partial charge in [-0.3, -0.25) is 0 Å². The van der Waals surface area contributed by atoms with Crippen LogP contribution in [0, 0.1) is 0 Å². The zero-order valence-corrected chi connectivity index (χ0v) is 11.0. The molecule has 0 saturated carbocycles. The Kier molecular flexibility index (Phi) is 4.75. The van der Waals surface area contributed by atoms with Crippen LogP contribution in [0.4, 0.5) is 5.82 Å². The Bertz CT molecular complexity index is 529. The molecular formula is C15H18N2O2. The largest absolute Gasteiger partial charge is 0.457 e. The van der Waals surface area contributed by atoms with E-state index in [1.807, 2.05) is 30.3 Å². The predicted molar refractivity (Wildman–Crippen MR) is 75.5 cm³/mol. The second-order valence-electron chi connectivity index (χ2n) is 4.17. The van der Waals surface area contributed by atoms with Crippen molar-refractivity contribution in [3.05, 3.63) is 48.2 Å². The van der Waals surface area contributed by atoms with E-state index in [1.165, 1.54) is 0 Å². The van der Waals surface area contributed by atoms with Gasteiger partial charge in [0.25, 0.3) is 0 Å². The fourth-order valence-corrected chi connectivity index (χ4v) is 1.69. The average Bonchev–Trinajstić information content (AvgIpc) is 2.46. The van der Waals surface area contributed by atoms with Crippen LogP contribution in [0.1, 0.15) is 18.9 Å².